The molecule has 0 bridgehead atoms. The highest BCUT2D eigenvalue weighted by atomic mass is 35.5. The van der Waals surface area contributed by atoms with Crippen molar-refractivity contribution in [3.63, 3.8) is 0 Å². The number of carbonyl (C=O) groups excluding carboxylic acids is 1. The lowest BCUT2D eigenvalue weighted by atomic mass is 9.87. The molecule has 138 valence electrons. The van der Waals surface area contributed by atoms with Crippen LogP contribution >= 0.6 is 12.4 Å². The van der Waals surface area contributed by atoms with Crippen LogP contribution in [0.4, 0.5) is 18.9 Å². The van der Waals surface area contributed by atoms with E-state index in [9.17, 15) is 18.0 Å². The van der Waals surface area contributed by atoms with Crippen LogP contribution in [-0.2, 0) is 11.0 Å². The fourth-order valence-electron chi connectivity index (χ4n) is 1.97. The van der Waals surface area contributed by atoms with Gasteiger partial charge in [0, 0.05) is 0 Å². The van der Waals surface area contributed by atoms with Crippen LogP contribution in [0.2, 0.25) is 0 Å². The van der Waals surface area contributed by atoms with Crippen molar-refractivity contribution in [2.24, 2.45) is 11.1 Å². The third-order valence-electron chi connectivity index (χ3n) is 3.50. The molecule has 1 atom stereocenters. The minimum absolute atomic E-state index is 0. The molecule has 0 aliphatic rings. The Kier molecular flexibility index (Phi) is 6.25. The minimum atomic E-state index is -4.43. The van der Waals surface area contributed by atoms with Crippen LogP contribution in [0.15, 0.2) is 36.7 Å². The van der Waals surface area contributed by atoms with E-state index < -0.39 is 23.2 Å². The van der Waals surface area contributed by atoms with Gasteiger partial charge in [-0.05, 0) is 23.6 Å². The van der Waals surface area contributed by atoms with E-state index in [-0.39, 0.29) is 24.0 Å². The monoisotopic (exact) mass is 376 g/mol. The molecule has 5 nitrogen and oxygen atoms in total. The first-order chi connectivity index (χ1) is 11.0. The lowest BCUT2D eigenvalue weighted by Gasteiger charge is -2.25. The van der Waals surface area contributed by atoms with Crippen LogP contribution in [0.1, 0.15) is 26.3 Å². The highest BCUT2D eigenvalue weighted by Gasteiger charge is 2.30. The number of aromatic nitrogens is 2. The van der Waals surface area contributed by atoms with Crippen molar-refractivity contribution in [2.75, 3.05) is 5.32 Å². The van der Waals surface area contributed by atoms with E-state index >= 15 is 0 Å². The maximum atomic E-state index is 12.8. The van der Waals surface area contributed by atoms with E-state index in [0.717, 1.165) is 12.1 Å². The number of benzene rings is 1. The number of alkyl halides is 3. The number of nitrogens with one attached hydrogen (secondary N) is 1. The van der Waals surface area contributed by atoms with Crippen molar-refractivity contribution in [1.29, 1.82) is 0 Å². The summed E-state index contributed by atoms with van der Waals surface area (Å²) in [5.41, 5.74) is 5.28. The molecular formula is C16H20ClF3N4O. The van der Waals surface area contributed by atoms with Gasteiger partial charge in [0.1, 0.15) is 0 Å². The largest absolute Gasteiger partial charge is 0.416 e. The summed E-state index contributed by atoms with van der Waals surface area (Å²) in [4.78, 5) is 12.1. The second kappa shape index (κ2) is 7.45. The quantitative estimate of drug-likeness (QED) is 0.859. The molecule has 25 heavy (non-hydrogen) atoms. The molecule has 1 aromatic carbocycles. The van der Waals surface area contributed by atoms with Gasteiger partial charge in [0.05, 0.1) is 35.4 Å². The van der Waals surface area contributed by atoms with Crippen LogP contribution in [0.3, 0.4) is 0 Å². The molecule has 0 aliphatic carbocycles. The molecule has 0 aliphatic heterocycles. The van der Waals surface area contributed by atoms with E-state index in [1.807, 2.05) is 20.8 Å². The van der Waals surface area contributed by atoms with Gasteiger partial charge in [-0.25, -0.2) is 4.68 Å². The van der Waals surface area contributed by atoms with Gasteiger partial charge in [0.25, 0.3) is 0 Å². The Hall–Kier alpha value is -2.06. The van der Waals surface area contributed by atoms with Gasteiger partial charge < -0.3 is 11.1 Å². The van der Waals surface area contributed by atoms with Gasteiger partial charge in [0.2, 0.25) is 5.91 Å². The van der Waals surface area contributed by atoms with Gasteiger partial charge in [-0.15, -0.1) is 12.4 Å². The van der Waals surface area contributed by atoms with Crippen LogP contribution in [0, 0.1) is 5.41 Å². The normalized spacial score (nSPS) is 13.1. The molecular weight excluding hydrogens is 357 g/mol. The van der Waals surface area contributed by atoms with Gasteiger partial charge >= 0.3 is 6.18 Å². The first-order valence-corrected chi connectivity index (χ1v) is 7.27. The van der Waals surface area contributed by atoms with Crippen molar-refractivity contribution in [3.8, 4) is 5.69 Å². The van der Waals surface area contributed by atoms with Crippen LogP contribution < -0.4 is 11.1 Å². The van der Waals surface area contributed by atoms with Gasteiger partial charge in [-0.1, -0.05) is 26.8 Å². The molecule has 0 spiro atoms. The van der Waals surface area contributed by atoms with Crippen molar-refractivity contribution < 1.29 is 18.0 Å². The highest BCUT2D eigenvalue weighted by molar-refractivity contribution is 5.95. The molecule has 0 radical (unpaired) electrons. The second-order valence-electron chi connectivity index (χ2n) is 6.55. The summed E-state index contributed by atoms with van der Waals surface area (Å²) in [5, 5.41) is 6.59. The van der Waals surface area contributed by atoms with Crippen LogP contribution in [0.25, 0.3) is 5.69 Å². The van der Waals surface area contributed by atoms with Gasteiger partial charge in [0.15, 0.2) is 0 Å². The number of anilines is 1. The molecule has 2 rings (SSSR count). The average molecular weight is 377 g/mol. The number of rotatable bonds is 3. The van der Waals surface area contributed by atoms with Crippen LogP contribution in [0.5, 0.6) is 0 Å². The highest BCUT2D eigenvalue weighted by Crippen LogP contribution is 2.30. The Balaban J connectivity index is 0.00000312. The summed E-state index contributed by atoms with van der Waals surface area (Å²) in [6.07, 6.45) is -1.64. The third-order valence-corrected chi connectivity index (χ3v) is 3.50. The van der Waals surface area contributed by atoms with Gasteiger partial charge in [-0.2, -0.15) is 18.3 Å². The van der Waals surface area contributed by atoms with E-state index in [0.29, 0.717) is 5.69 Å². The number of nitrogens with zero attached hydrogens (tertiary/aromatic N) is 2. The molecule has 0 fully saturated rings. The van der Waals surface area contributed by atoms with E-state index in [2.05, 4.69) is 10.4 Å². The number of hydrogen-bond donors (Lipinski definition) is 2. The standard InChI is InChI=1S/C16H19F3N4O.ClH/c1-15(2,3)13(20)14(24)22-11-8-21-23(9-11)12-6-4-5-10(7-12)16(17,18)19;/h4-9,13H,20H2,1-3H3,(H,22,24);1H/t13-;/m1./s1. The summed E-state index contributed by atoms with van der Waals surface area (Å²) < 4.78 is 39.5. The third kappa shape index (κ3) is 5.20. The fourth-order valence-corrected chi connectivity index (χ4v) is 1.97. The number of hydrogen-bond acceptors (Lipinski definition) is 3. The molecule has 0 unspecified atom stereocenters. The first kappa shape index (κ1) is 21.0. The van der Waals surface area contributed by atoms with Crippen molar-refractivity contribution >= 4 is 24.0 Å². The SMILES string of the molecule is CC(C)(C)[C@H](N)C(=O)Nc1cnn(-c2cccc(C(F)(F)F)c2)c1.Cl. The predicted molar refractivity (Wildman–Crippen MR) is 91.9 cm³/mol. The summed E-state index contributed by atoms with van der Waals surface area (Å²) in [5.74, 6) is -0.383. The van der Waals surface area contributed by atoms with Crippen molar-refractivity contribution in [2.45, 2.75) is 33.0 Å². The Morgan fingerprint density at radius 2 is 1.92 bits per heavy atom. The molecule has 0 saturated carbocycles. The molecule has 1 amide bonds. The Bertz CT molecular complexity index is 737. The second-order valence-corrected chi connectivity index (χ2v) is 6.55. The molecule has 3 N–H and O–H groups in total. The summed E-state index contributed by atoms with van der Waals surface area (Å²) in [6, 6.07) is 4.04. The smallest absolute Gasteiger partial charge is 0.322 e. The van der Waals surface area contributed by atoms with Crippen molar-refractivity contribution in [3.05, 3.63) is 42.2 Å². The minimum Gasteiger partial charge on any atom is -0.322 e. The molecule has 1 aromatic heterocycles. The Labute approximate surface area is 149 Å². The predicted octanol–water partition coefficient (Wildman–Crippen LogP) is 3.62. The maximum absolute atomic E-state index is 12.8. The zero-order valence-corrected chi connectivity index (χ0v) is 14.8. The van der Waals surface area contributed by atoms with Crippen LogP contribution in [-0.4, -0.2) is 21.7 Å². The van der Waals surface area contributed by atoms with Gasteiger partial charge in [-0.3, -0.25) is 4.79 Å². The number of halogens is 4. The molecule has 2 aromatic rings. The summed E-state index contributed by atoms with van der Waals surface area (Å²) in [7, 11) is 0. The summed E-state index contributed by atoms with van der Waals surface area (Å²) >= 11 is 0. The zero-order chi connectivity index (χ0) is 18.1. The number of carbonyl (C=O) groups is 1. The van der Waals surface area contributed by atoms with E-state index in [1.54, 1.807) is 0 Å². The topological polar surface area (TPSA) is 72.9 Å². The number of nitrogens with two attached hydrogens (primary N) is 1. The maximum Gasteiger partial charge on any atom is 0.416 e. The lowest BCUT2D eigenvalue weighted by molar-refractivity contribution is -0.137. The molecule has 0 saturated heterocycles. The van der Waals surface area contributed by atoms with E-state index in [4.69, 9.17) is 5.73 Å². The Morgan fingerprint density at radius 1 is 1.28 bits per heavy atom. The molecule has 1 heterocycles. The van der Waals surface area contributed by atoms with Crippen molar-refractivity contribution in [1.82, 2.24) is 9.78 Å². The first-order valence-electron chi connectivity index (χ1n) is 7.27. The fraction of sp³-hybridized carbons (Fsp3) is 0.375. The number of amides is 1. The zero-order valence-electron chi connectivity index (χ0n) is 14.0. The summed E-state index contributed by atoms with van der Waals surface area (Å²) in [6.45, 7) is 5.51. The van der Waals surface area contributed by atoms with E-state index in [1.165, 1.54) is 29.2 Å². The lowest BCUT2D eigenvalue weighted by Crippen LogP contribution is -2.45. The molecule has 9 heteroatoms. The Morgan fingerprint density at radius 3 is 2.48 bits per heavy atom. The average Bonchev–Trinajstić information content (AvgIpc) is 2.93.